The van der Waals surface area contributed by atoms with Gasteiger partial charge >= 0.3 is 5.97 Å². The number of unbranched alkanes of at least 4 members (excludes halogenated alkanes) is 2. The summed E-state index contributed by atoms with van der Waals surface area (Å²) in [5, 5.41) is 9.31. The van der Waals surface area contributed by atoms with E-state index >= 15 is 0 Å². The molecule has 0 aliphatic rings. The fourth-order valence-electron chi connectivity index (χ4n) is 2.29. The Bertz CT molecular complexity index is 424. The van der Waals surface area contributed by atoms with Gasteiger partial charge in [-0.2, -0.15) is 0 Å². The molecule has 20 heavy (non-hydrogen) atoms. The van der Waals surface area contributed by atoms with Crippen molar-refractivity contribution < 1.29 is 9.90 Å². The molecule has 1 aromatic rings. The molecule has 0 fully saturated rings. The smallest absolute Gasteiger partial charge is 0.338 e. The van der Waals surface area contributed by atoms with Gasteiger partial charge in [-0.3, -0.25) is 4.90 Å². The maximum Gasteiger partial charge on any atom is 0.338 e. The minimum absolute atomic E-state index is 0.255. The molecule has 0 saturated heterocycles. The zero-order valence-corrected chi connectivity index (χ0v) is 12.6. The van der Waals surface area contributed by atoms with Crippen LogP contribution in [0, 0.1) is 0 Å². The van der Waals surface area contributed by atoms with Crippen molar-refractivity contribution in [3.8, 4) is 0 Å². The van der Waals surface area contributed by atoms with Crippen LogP contribution in [-0.2, 0) is 6.54 Å². The van der Waals surface area contributed by atoms with Gasteiger partial charge < -0.3 is 10.8 Å². The summed E-state index contributed by atoms with van der Waals surface area (Å²) < 4.78 is 0. The number of hydrogen-bond donors (Lipinski definition) is 2. The predicted molar refractivity (Wildman–Crippen MR) is 82.9 cm³/mol. The van der Waals surface area contributed by atoms with Crippen LogP contribution in [-0.4, -0.2) is 29.1 Å². The van der Waals surface area contributed by atoms with E-state index in [9.17, 15) is 9.90 Å². The van der Waals surface area contributed by atoms with Crippen LogP contribution in [0.4, 0.5) is 5.69 Å². The molecule has 0 spiro atoms. The first-order valence-electron chi connectivity index (χ1n) is 7.43. The van der Waals surface area contributed by atoms with E-state index < -0.39 is 5.97 Å². The minimum Gasteiger partial charge on any atom is -0.478 e. The molecule has 1 aromatic carbocycles. The summed E-state index contributed by atoms with van der Waals surface area (Å²) in [4.78, 5) is 13.7. The first-order valence-corrected chi connectivity index (χ1v) is 7.43. The minimum atomic E-state index is -0.941. The molecule has 0 aliphatic heterocycles. The van der Waals surface area contributed by atoms with Crippen molar-refractivity contribution in [2.24, 2.45) is 0 Å². The summed E-state index contributed by atoms with van der Waals surface area (Å²) in [6, 6.07) is 5.34. The second kappa shape index (κ2) is 8.59. The highest BCUT2D eigenvalue weighted by Gasteiger charge is 2.15. The lowest BCUT2D eigenvalue weighted by molar-refractivity contribution is 0.0695. The van der Waals surface area contributed by atoms with Crippen LogP contribution < -0.4 is 5.73 Å². The molecule has 112 valence electrons. The molecule has 0 unspecified atom stereocenters. The maximum atomic E-state index is 11.4. The van der Waals surface area contributed by atoms with Crippen molar-refractivity contribution in [3.63, 3.8) is 0 Å². The van der Waals surface area contributed by atoms with E-state index in [2.05, 4.69) is 18.7 Å². The molecule has 0 aliphatic carbocycles. The third-order valence-corrected chi connectivity index (χ3v) is 3.45. The van der Waals surface area contributed by atoms with E-state index in [4.69, 9.17) is 5.73 Å². The van der Waals surface area contributed by atoms with E-state index in [0.29, 0.717) is 12.2 Å². The second-order valence-corrected chi connectivity index (χ2v) is 5.17. The van der Waals surface area contributed by atoms with Gasteiger partial charge in [0.2, 0.25) is 0 Å². The zero-order chi connectivity index (χ0) is 15.0. The SMILES string of the molecule is CCCCN(CCCC)Cc1cccc(N)c1C(=O)O. The van der Waals surface area contributed by atoms with Gasteiger partial charge in [-0.05, 0) is 37.6 Å². The molecule has 0 atom stereocenters. The fourth-order valence-corrected chi connectivity index (χ4v) is 2.29. The van der Waals surface area contributed by atoms with Crippen LogP contribution in [0.5, 0.6) is 0 Å². The predicted octanol–water partition coefficient (Wildman–Crippen LogP) is 3.37. The Labute approximate surface area is 121 Å². The van der Waals surface area contributed by atoms with E-state index in [1.807, 2.05) is 12.1 Å². The number of carboxylic acids is 1. The average molecular weight is 278 g/mol. The lowest BCUT2D eigenvalue weighted by atomic mass is 10.0. The van der Waals surface area contributed by atoms with Crippen LogP contribution in [0.15, 0.2) is 18.2 Å². The number of carbonyl (C=O) groups is 1. The number of nitrogens with zero attached hydrogens (tertiary/aromatic N) is 1. The lowest BCUT2D eigenvalue weighted by Crippen LogP contribution is -2.26. The monoisotopic (exact) mass is 278 g/mol. The Kier molecular flexibility index (Phi) is 7.09. The number of anilines is 1. The van der Waals surface area contributed by atoms with Crippen molar-refractivity contribution in [2.75, 3.05) is 18.8 Å². The Hall–Kier alpha value is -1.55. The highest BCUT2D eigenvalue weighted by Crippen LogP contribution is 2.19. The van der Waals surface area contributed by atoms with E-state index in [-0.39, 0.29) is 5.56 Å². The van der Waals surface area contributed by atoms with Crippen molar-refractivity contribution in [1.82, 2.24) is 4.90 Å². The van der Waals surface area contributed by atoms with E-state index in [1.165, 1.54) is 0 Å². The van der Waals surface area contributed by atoms with Crippen LogP contribution in [0.3, 0.4) is 0 Å². The summed E-state index contributed by atoms with van der Waals surface area (Å²) >= 11 is 0. The third-order valence-electron chi connectivity index (χ3n) is 3.45. The number of benzene rings is 1. The standard InChI is InChI=1S/C16H26N2O2/c1-3-5-10-18(11-6-4-2)12-13-8-7-9-14(17)15(13)16(19)20/h7-9H,3-6,10-12,17H2,1-2H3,(H,19,20). The molecular weight excluding hydrogens is 252 g/mol. The molecule has 0 amide bonds. The quantitative estimate of drug-likeness (QED) is 0.680. The zero-order valence-electron chi connectivity index (χ0n) is 12.6. The van der Waals surface area contributed by atoms with E-state index in [1.54, 1.807) is 6.07 Å². The largest absolute Gasteiger partial charge is 0.478 e. The molecule has 1 rings (SSSR count). The summed E-state index contributed by atoms with van der Waals surface area (Å²) in [5.41, 5.74) is 7.21. The normalized spacial score (nSPS) is 10.9. The first-order chi connectivity index (χ1) is 9.60. The molecule has 3 N–H and O–H groups in total. The Morgan fingerprint density at radius 2 is 1.80 bits per heavy atom. The van der Waals surface area contributed by atoms with Crippen molar-refractivity contribution in [2.45, 2.75) is 46.1 Å². The second-order valence-electron chi connectivity index (χ2n) is 5.17. The van der Waals surface area contributed by atoms with Gasteiger partial charge in [0.15, 0.2) is 0 Å². The molecule has 0 aromatic heterocycles. The van der Waals surface area contributed by atoms with Crippen LogP contribution >= 0.6 is 0 Å². The van der Waals surface area contributed by atoms with Crippen molar-refractivity contribution >= 4 is 11.7 Å². The van der Waals surface area contributed by atoms with Gasteiger partial charge in [0.25, 0.3) is 0 Å². The van der Waals surface area contributed by atoms with Gasteiger partial charge in [-0.1, -0.05) is 38.8 Å². The molecule has 0 heterocycles. The summed E-state index contributed by atoms with van der Waals surface area (Å²) in [5.74, 6) is -0.941. The Morgan fingerprint density at radius 1 is 1.20 bits per heavy atom. The van der Waals surface area contributed by atoms with Crippen molar-refractivity contribution in [3.05, 3.63) is 29.3 Å². The summed E-state index contributed by atoms with van der Waals surface area (Å²) in [6.45, 7) is 7.00. The number of nitrogen functional groups attached to an aromatic ring is 1. The highest BCUT2D eigenvalue weighted by molar-refractivity contribution is 5.95. The summed E-state index contributed by atoms with van der Waals surface area (Å²) in [6.07, 6.45) is 4.56. The van der Waals surface area contributed by atoms with Gasteiger partial charge in [-0.15, -0.1) is 0 Å². The fraction of sp³-hybridized carbons (Fsp3) is 0.562. The summed E-state index contributed by atoms with van der Waals surface area (Å²) in [7, 11) is 0. The highest BCUT2D eigenvalue weighted by atomic mass is 16.4. The average Bonchev–Trinajstić information content (AvgIpc) is 2.41. The molecule has 4 nitrogen and oxygen atoms in total. The van der Waals surface area contributed by atoms with Crippen LogP contribution in [0.25, 0.3) is 0 Å². The first kappa shape index (κ1) is 16.5. The number of hydrogen-bond acceptors (Lipinski definition) is 3. The van der Waals surface area contributed by atoms with Crippen LogP contribution in [0.1, 0.15) is 55.5 Å². The number of carboxylic acid groups (broad SMARTS) is 1. The number of rotatable bonds is 9. The Morgan fingerprint density at radius 3 is 2.30 bits per heavy atom. The lowest BCUT2D eigenvalue weighted by Gasteiger charge is -2.23. The van der Waals surface area contributed by atoms with Crippen molar-refractivity contribution in [1.29, 1.82) is 0 Å². The van der Waals surface area contributed by atoms with Gasteiger partial charge in [0.1, 0.15) is 0 Å². The molecule has 0 radical (unpaired) electrons. The van der Waals surface area contributed by atoms with Gasteiger partial charge in [0, 0.05) is 12.2 Å². The molecule has 0 saturated carbocycles. The molecule has 4 heteroatoms. The molecule has 0 bridgehead atoms. The maximum absolute atomic E-state index is 11.4. The van der Waals surface area contributed by atoms with Gasteiger partial charge in [-0.25, -0.2) is 4.79 Å². The van der Waals surface area contributed by atoms with Crippen LogP contribution in [0.2, 0.25) is 0 Å². The molecular formula is C16H26N2O2. The van der Waals surface area contributed by atoms with E-state index in [0.717, 1.165) is 44.3 Å². The van der Waals surface area contributed by atoms with Gasteiger partial charge in [0.05, 0.1) is 5.56 Å². The third kappa shape index (κ3) is 4.85. The number of aromatic carboxylic acids is 1. The topological polar surface area (TPSA) is 66.6 Å². The Balaban J connectivity index is 2.86. The number of nitrogens with two attached hydrogens (primary N) is 1.